The van der Waals surface area contributed by atoms with Crippen molar-refractivity contribution in [3.05, 3.63) is 0 Å². The summed E-state index contributed by atoms with van der Waals surface area (Å²) in [4.78, 5) is 10.1. The van der Waals surface area contributed by atoms with Crippen molar-refractivity contribution in [3.8, 4) is 12.3 Å². The first-order valence-corrected chi connectivity index (χ1v) is 3.92. The molecule has 0 aromatic heterocycles. The first-order valence-electron chi connectivity index (χ1n) is 3.92. The first kappa shape index (κ1) is 11.0. The predicted molar refractivity (Wildman–Crippen MR) is 48.5 cm³/mol. The average Bonchev–Trinajstić information content (AvgIpc) is 1.85. The second-order valence-corrected chi connectivity index (χ2v) is 4.18. The van der Waals surface area contributed by atoms with Crippen molar-refractivity contribution in [3.63, 3.8) is 0 Å². The van der Waals surface area contributed by atoms with Gasteiger partial charge in [-0.05, 0) is 27.7 Å². The molecule has 0 rings (SSSR count). The molecular weight excluding hydrogens is 152 g/mol. The summed E-state index contributed by atoms with van der Waals surface area (Å²) in [6, 6.07) is 0. The van der Waals surface area contributed by atoms with Crippen LogP contribution in [-0.2, 0) is 9.53 Å². The molecule has 0 unspecified atom stereocenters. The van der Waals surface area contributed by atoms with Gasteiger partial charge in [-0.1, -0.05) is 0 Å². The Morgan fingerprint density at radius 2 is 1.92 bits per heavy atom. The summed E-state index contributed by atoms with van der Waals surface area (Å²) in [5, 5.41) is 0. The molecule has 0 heterocycles. The highest BCUT2D eigenvalue weighted by Crippen LogP contribution is 2.28. The number of carbonyl (C=O) groups is 1. The lowest BCUT2D eigenvalue weighted by molar-refractivity contribution is -0.142. The predicted octanol–water partition coefficient (Wildman–Crippen LogP) is 1.99. The topological polar surface area (TPSA) is 26.3 Å². The van der Waals surface area contributed by atoms with E-state index in [9.17, 15) is 4.79 Å². The maximum atomic E-state index is 10.1. The van der Waals surface area contributed by atoms with E-state index in [1.54, 1.807) is 0 Å². The third-order valence-electron chi connectivity index (χ3n) is 1.63. The first-order chi connectivity index (χ1) is 5.33. The smallest absolute Gasteiger partial charge is 0.293 e. The summed E-state index contributed by atoms with van der Waals surface area (Å²) in [6.07, 6.45) is 5.98. The molecule has 0 saturated carbocycles. The van der Waals surface area contributed by atoms with E-state index < -0.39 is 5.60 Å². The van der Waals surface area contributed by atoms with Crippen LogP contribution in [0.25, 0.3) is 0 Å². The van der Waals surface area contributed by atoms with E-state index in [1.807, 2.05) is 27.7 Å². The van der Waals surface area contributed by atoms with E-state index in [0.717, 1.165) is 0 Å². The Hall–Kier alpha value is -0.970. The summed E-state index contributed by atoms with van der Waals surface area (Å²) in [6.45, 7) is 8.05. The quantitative estimate of drug-likeness (QED) is 0.474. The second kappa shape index (κ2) is 3.62. The number of terminal acetylenes is 1. The molecule has 0 aromatic rings. The van der Waals surface area contributed by atoms with E-state index in [2.05, 4.69) is 5.92 Å². The molecule has 0 aliphatic carbocycles. The van der Waals surface area contributed by atoms with E-state index in [4.69, 9.17) is 11.2 Å². The highest BCUT2D eigenvalue weighted by Gasteiger charge is 2.28. The fraction of sp³-hybridized carbons (Fsp3) is 0.700. The van der Waals surface area contributed by atoms with Crippen LogP contribution in [0.4, 0.5) is 0 Å². The van der Waals surface area contributed by atoms with Crippen molar-refractivity contribution in [2.75, 3.05) is 0 Å². The zero-order valence-corrected chi connectivity index (χ0v) is 8.18. The van der Waals surface area contributed by atoms with Crippen LogP contribution in [0.2, 0.25) is 0 Å². The number of carbonyl (C=O) groups excluding carboxylic acids is 1. The minimum absolute atomic E-state index is 0.230. The largest absolute Gasteiger partial charge is 0.462 e. The molecule has 2 heteroatoms. The fourth-order valence-corrected chi connectivity index (χ4v) is 1.29. The van der Waals surface area contributed by atoms with Crippen LogP contribution < -0.4 is 0 Å². The van der Waals surface area contributed by atoms with Gasteiger partial charge in [0.25, 0.3) is 6.47 Å². The molecule has 0 radical (unpaired) electrons. The molecule has 0 fully saturated rings. The molecule has 0 saturated heterocycles. The Labute approximate surface area is 74.3 Å². The fourth-order valence-electron chi connectivity index (χ4n) is 1.29. The van der Waals surface area contributed by atoms with Gasteiger partial charge in [0, 0.05) is 11.8 Å². The minimum Gasteiger partial charge on any atom is -0.462 e. The van der Waals surface area contributed by atoms with Crippen LogP contribution >= 0.6 is 0 Å². The van der Waals surface area contributed by atoms with E-state index in [1.165, 1.54) is 0 Å². The van der Waals surface area contributed by atoms with Gasteiger partial charge in [0.1, 0.15) is 5.60 Å². The van der Waals surface area contributed by atoms with Crippen LogP contribution in [0.3, 0.4) is 0 Å². The Kier molecular flexibility index (Phi) is 3.33. The van der Waals surface area contributed by atoms with Crippen molar-refractivity contribution >= 4 is 6.47 Å². The van der Waals surface area contributed by atoms with Crippen molar-refractivity contribution in [1.82, 2.24) is 0 Å². The zero-order chi connectivity index (χ0) is 9.83. The van der Waals surface area contributed by atoms with Gasteiger partial charge < -0.3 is 4.74 Å². The third-order valence-corrected chi connectivity index (χ3v) is 1.63. The summed E-state index contributed by atoms with van der Waals surface area (Å²) in [7, 11) is 0. The van der Waals surface area contributed by atoms with Crippen molar-refractivity contribution < 1.29 is 9.53 Å². The Bertz CT molecular complexity index is 196. The minimum atomic E-state index is -0.475. The molecule has 2 nitrogen and oxygen atoms in total. The van der Waals surface area contributed by atoms with Gasteiger partial charge in [-0.3, -0.25) is 4.79 Å². The van der Waals surface area contributed by atoms with Crippen molar-refractivity contribution in [2.24, 2.45) is 5.41 Å². The normalized spacial score (nSPS) is 11.9. The lowest BCUT2D eigenvalue weighted by atomic mass is 9.82. The summed E-state index contributed by atoms with van der Waals surface area (Å²) < 4.78 is 4.89. The Balaban J connectivity index is 4.25. The monoisotopic (exact) mass is 168 g/mol. The van der Waals surface area contributed by atoms with Gasteiger partial charge in [0.15, 0.2) is 0 Å². The van der Waals surface area contributed by atoms with Gasteiger partial charge >= 0.3 is 0 Å². The molecule has 0 atom stereocenters. The van der Waals surface area contributed by atoms with Gasteiger partial charge in [-0.2, -0.15) is 0 Å². The van der Waals surface area contributed by atoms with Gasteiger partial charge in [-0.25, -0.2) is 0 Å². The Morgan fingerprint density at radius 1 is 1.42 bits per heavy atom. The molecule has 0 aromatic carbocycles. The molecule has 0 amide bonds. The summed E-state index contributed by atoms with van der Waals surface area (Å²) in [5.74, 6) is 2.66. The number of ether oxygens (including phenoxy) is 1. The second-order valence-electron chi connectivity index (χ2n) is 4.18. The van der Waals surface area contributed by atoms with E-state index >= 15 is 0 Å². The van der Waals surface area contributed by atoms with Crippen LogP contribution in [0, 0.1) is 17.8 Å². The maximum absolute atomic E-state index is 10.1. The molecule has 0 N–H and O–H groups in total. The van der Waals surface area contributed by atoms with Crippen LogP contribution in [0.5, 0.6) is 0 Å². The summed E-state index contributed by atoms with van der Waals surface area (Å²) >= 11 is 0. The molecule has 12 heavy (non-hydrogen) atoms. The molecular formula is C10H16O2. The zero-order valence-electron chi connectivity index (χ0n) is 8.18. The van der Waals surface area contributed by atoms with Crippen molar-refractivity contribution in [1.29, 1.82) is 0 Å². The van der Waals surface area contributed by atoms with E-state index in [0.29, 0.717) is 12.9 Å². The lowest BCUT2D eigenvalue weighted by Crippen LogP contribution is -2.30. The van der Waals surface area contributed by atoms with Crippen LogP contribution in [0.1, 0.15) is 34.1 Å². The Morgan fingerprint density at radius 3 is 2.25 bits per heavy atom. The molecule has 0 bridgehead atoms. The summed E-state index contributed by atoms with van der Waals surface area (Å²) in [5.41, 5.74) is -0.704. The standard InChI is InChI=1S/C10H16O2/c1-6-9(2,3)7-10(4,5)12-8-11/h1,8H,7H2,2-5H3. The third kappa shape index (κ3) is 4.02. The number of hydrogen-bond donors (Lipinski definition) is 0. The number of rotatable bonds is 4. The number of hydrogen-bond acceptors (Lipinski definition) is 2. The molecule has 0 spiro atoms. The lowest BCUT2D eigenvalue weighted by Gasteiger charge is -2.29. The van der Waals surface area contributed by atoms with Gasteiger partial charge in [0.05, 0.1) is 0 Å². The van der Waals surface area contributed by atoms with Crippen LogP contribution in [-0.4, -0.2) is 12.1 Å². The van der Waals surface area contributed by atoms with Crippen molar-refractivity contribution in [2.45, 2.75) is 39.7 Å². The average molecular weight is 168 g/mol. The SMILES string of the molecule is C#CC(C)(C)CC(C)(C)OC=O. The highest BCUT2D eigenvalue weighted by molar-refractivity contribution is 5.38. The maximum Gasteiger partial charge on any atom is 0.293 e. The van der Waals surface area contributed by atoms with Gasteiger partial charge in [0.2, 0.25) is 0 Å². The highest BCUT2D eigenvalue weighted by atomic mass is 16.5. The van der Waals surface area contributed by atoms with Gasteiger partial charge in [-0.15, -0.1) is 12.3 Å². The van der Waals surface area contributed by atoms with Crippen LogP contribution in [0.15, 0.2) is 0 Å². The molecule has 0 aliphatic heterocycles. The van der Waals surface area contributed by atoms with E-state index in [-0.39, 0.29) is 5.41 Å². The molecule has 0 aliphatic rings. The molecule has 68 valence electrons.